The van der Waals surface area contributed by atoms with Crippen molar-refractivity contribution in [1.82, 2.24) is 0 Å². The summed E-state index contributed by atoms with van der Waals surface area (Å²) < 4.78 is 34.0. The van der Waals surface area contributed by atoms with Gasteiger partial charge in [-0.2, -0.15) is 0 Å². The van der Waals surface area contributed by atoms with Crippen molar-refractivity contribution in [3.63, 3.8) is 0 Å². The van der Waals surface area contributed by atoms with Crippen LogP contribution in [0.4, 0.5) is 0 Å². The third kappa shape index (κ3) is 7.51. The molecule has 2 atom stereocenters. The van der Waals surface area contributed by atoms with Crippen LogP contribution in [-0.2, 0) is 33.8 Å². The molecule has 0 fully saturated rings. The largest absolute Gasteiger partial charge is 0.394 e. The van der Waals surface area contributed by atoms with E-state index in [9.17, 15) is 5.11 Å². The Hall–Kier alpha value is -2.66. The highest BCUT2D eigenvalue weighted by atomic mass is 16.7. The first-order valence-corrected chi connectivity index (χ1v) is 13.1. The van der Waals surface area contributed by atoms with Crippen molar-refractivity contribution in [3.05, 3.63) is 108 Å². The second-order valence-electron chi connectivity index (χ2n) is 8.75. The lowest BCUT2D eigenvalue weighted by Gasteiger charge is -2.49. The zero-order valence-corrected chi connectivity index (χ0v) is 22.7. The summed E-state index contributed by atoms with van der Waals surface area (Å²) >= 11 is 0. The average Bonchev–Trinajstić information content (AvgIpc) is 2.99. The van der Waals surface area contributed by atoms with E-state index in [1.165, 1.54) is 14.2 Å². The van der Waals surface area contributed by atoms with Gasteiger partial charge in [0.05, 0.1) is 52.9 Å². The van der Waals surface area contributed by atoms with Gasteiger partial charge in [-0.05, 0) is 16.7 Å². The third-order valence-electron chi connectivity index (χ3n) is 6.48. The van der Waals surface area contributed by atoms with Crippen molar-refractivity contribution in [3.8, 4) is 0 Å². The molecule has 2 unspecified atom stereocenters. The van der Waals surface area contributed by atoms with Gasteiger partial charge in [0, 0.05) is 14.2 Å². The summed E-state index contributed by atoms with van der Waals surface area (Å²) in [6.07, 6.45) is -1.17. The van der Waals surface area contributed by atoms with E-state index in [0.29, 0.717) is 33.0 Å². The fraction of sp³-hybridized carbons (Fsp3) is 0.419. The molecule has 39 heavy (non-hydrogen) atoms. The van der Waals surface area contributed by atoms with Crippen molar-refractivity contribution in [2.75, 3.05) is 67.1 Å². The SMILES string of the molecule is COC(OCCOCCOCCOCCO)C(O)(OC)C(c1ccccc1)(c1ccccc1)c1ccccc1. The standard InChI is InChI=1S/C31H40O8/c1-34-29(39-25-24-38-23-22-37-21-20-36-19-18-32)31(33,35-2)30(26-12-6-3-7-13-26,27-14-8-4-9-15-27)28-16-10-5-11-17-28/h3-17,29,32-33H,18-25H2,1-2H3. The Balaban J connectivity index is 1.82. The molecule has 0 saturated carbocycles. The summed E-state index contributed by atoms with van der Waals surface area (Å²) in [7, 11) is 2.94. The Morgan fingerprint density at radius 2 is 0.974 bits per heavy atom. The molecule has 0 aromatic heterocycles. The first-order valence-electron chi connectivity index (χ1n) is 13.1. The molecule has 0 amide bonds. The lowest BCUT2D eigenvalue weighted by atomic mass is 9.63. The number of aliphatic hydroxyl groups is 2. The summed E-state index contributed by atoms with van der Waals surface area (Å²) in [6, 6.07) is 29.2. The minimum atomic E-state index is -1.98. The molecule has 3 aromatic rings. The number of hydrogen-bond donors (Lipinski definition) is 2. The summed E-state index contributed by atoms with van der Waals surface area (Å²) in [6.45, 7) is 2.32. The quantitative estimate of drug-likeness (QED) is 0.136. The van der Waals surface area contributed by atoms with Gasteiger partial charge in [0.25, 0.3) is 0 Å². The molecule has 0 aliphatic heterocycles. The van der Waals surface area contributed by atoms with E-state index in [0.717, 1.165) is 16.7 Å². The summed E-state index contributed by atoms with van der Waals surface area (Å²) in [5.41, 5.74) is 1.23. The molecule has 2 N–H and O–H groups in total. The highest BCUT2D eigenvalue weighted by Crippen LogP contribution is 2.50. The topological polar surface area (TPSA) is 95.8 Å². The van der Waals surface area contributed by atoms with Crippen LogP contribution >= 0.6 is 0 Å². The first kappa shape index (κ1) is 30.9. The van der Waals surface area contributed by atoms with Crippen molar-refractivity contribution in [2.24, 2.45) is 0 Å². The molecule has 3 rings (SSSR count). The van der Waals surface area contributed by atoms with Crippen LogP contribution in [0, 0.1) is 0 Å². The fourth-order valence-electron chi connectivity index (χ4n) is 4.77. The zero-order valence-electron chi connectivity index (χ0n) is 22.7. The second-order valence-corrected chi connectivity index (χ2v) is 8.75. The minimum Gasteiger partial charge on any atom is -0.394 e. The summed E-state index contributed by atoms with van der Waals surface area (Å²) in [5.74, 6) is -1.98. The van der Waals surface area contributed by atoms with Gasteiger partial charge in [0.1, 0.15) is 5.41 Å². The molecular weight excluding hydrogens is 500 g/mol. The molecule has 0 radical (unpaired) electrons. The number of methoxy groups -OCH3 is 2. The fourth-order valence-corrected chi connectivity index (χ4v) is 4.77. The van der Waals surface area contributed by atoms with Crippen LogP contribution in [0.15, 0.2) is 91.0 Å². The van der Waals surface area contributed by atoms with Gasteiger partial charge in [0.2, 0.25) is 12.1 Å². The van der Waals surface area contributed by atoms with Gasteiger partial charge >= 0.3 is 0 Å². The van der Waals surface area contributed by atoms with Gasteiger partial charge in [-0.3, -0.25) is 0 Å². The first-order chi connectivity index (χ1) is 19.1. The average molecular weight is 541 g/mol. The van der Waals surface area contributed by atoms with Crippen molar-refractivity contribution >= 4 is 0 Å². The second kappa shape index (κ2) is 16.4. The molecular formula is C31H40O8. The third-order valence-corrected chi connectivity index (χ3v) is 6.48. The minimum absolute atomic E-state index is 0.00700. The smallest absolute Gasteiger partial charge is 0.236 e. The van der Waals surface area contributed by atoms with E-state index < -0.39 is 17.5 Å². The number of hydrogen-bond acceptors (Lipinski definition) is 8. The molecule has 8 heteroatoms. The number of aliphatic hydroxyl groups excluding tert-OH is 1. The lowest BCUT2D eigenvalue weighted by molar-refractivity contribution is -0.341. The number of ether oxygens (including phenoxy) is 6. The van der Waals surface area contributed by atoms with Gasteiger partial charge in [-0.1, -0.05) is 91.0 Å². The lowest BCUT2D eigenvalue weighted by Crippen LogP contribution is -2.63. The molecule has 0 spiro atoms. The van der Waals surface area contributed by atoms with E-state index in [-0.39, 0.29) is 19.8 Å². The highest BCUT2D eigenvalue weighted by molar-refractivity contribution is 5.53. The van der Waals surface area contributed by atoms with Crippen LogP contribution in [-0.4, -0.2) is 89.4 Å². The Morgan fingerprint density at radius 3 is 1.33 bits per heavy atom. The maximum Gasteiger partial charge on any atom is 0.236 e. The van der Waals surface area contributed by atoms with Crippen molar-refractivity contribution < 1.29 is 38.6 Å². The van der Waals surface area contributed by atoms with Crippen LogP contribution in [0.2, 0.25) is 0 Å². The van der Waals surface area contributed by atoms with E-state index in [1.807, 2.05) is 91.0 Å². The predicted octanol–water partition coefficient (Wildman–Crippen LogP) is 3.39. The molecule has 0 aliphatic carbocycles. The zero-order chi connectivity index (χ0) is 27.8. The van der Waals surface area contributed by atoms with E-state index in [2.05, 4.69) is 0 Å². The van der Waals surface area contributed by atoms with Crippen LogP contribution in [0.25, 0.3) is 0 Å². The van der Waals surface area contributed by atoms with Gasteiger partial charge in [0.15, 0.2) is 0 Å². The Labute approximate surface area is 231 Å². The van der Waals surface area contributed by atoms with E-state index >= 15 is 0 Å². The van der Waals surface area contributed by atoms with E-state index in [1.54, 1.807) is 0 Å². The van der Waals surface area contributed by atoms with Crippen molar-refractivity contribution in [2.45, 2.75) is 17.5 Å². The molecule has 8 nitrogen and oxygen atoms in total. The normalized spacial score (nSPS) is 14.2. The number of benzene rings is 3. The number of rotatable bonds is 19. The van der Waals surface area contributed by atoms with E-state index in [4.69, 9.17) is 33.5 Å². The molecule has 0 bridgehead atoms. The molecule has 3 aromatic carbocycles. The maximum absolute atomic E-state index is 12.6. The molecule has 0 aliphatic rings. The summed E-state index contributed by atoms with van der Waals surface area (Å²) in [4.78, 5) is 0. The van der Waals surface area contributed by atoms with Crippen LogP contribution < -0.4 is 0 Å². The van der Waals surface area contributed by atoms with Crippen LogP contribution in [0.3, 0.4) is 0 Å². The Kier molecular flexibility index (Phi) is 13.0. The molecule has 212 valence electrons. The maximum atomic E-state index is 12.6. The van der Waals surface area contributed by atoms with Gasteiger partial charge in [-0.15, -0.1) is 0 Å². The predicted molar refractivity (Wildman–Crippen MR) is 147 cm³/mol. The summed E-state index contributed by atoms with van der Waals surface area (Å²) in [5, 5.41) is 21.3. The Morgan fingerprint density at radius 1 is 0.590 bits per heavy atom. The monoisotopic (exact) mass is 540 g/mol. The molecule has 0 heterocycles. The van der Waals surface area contributed by atoms with Crippen LogP contribution in [0.1, 0.15) is 16.7 Å². The highest BCUT2D eigenvalue weighted by Gasteiger charge is 2.60. The van der Waals surface area contributed by atoms with Crippen LogP contribution in [0.5, 0.6) is 0 Å². The Bertz CT molecular complexity index is 938. The molecule has 0 saturated heterocycles. The van der Waals surface area contributed by atoms with Gasteiger partial charge in [-0.25, -0.2) is 0 Å². The van der Waals surface area contributed by atoms with Crippen molar-refractivity contribution in [1.29, 1.82) is 0 Å². The van der Waals surface area contributed by atoms with Gasteiger partial charge < -0.3 is 38.6 Å².